The molecule has 0 spiro atoms. The molecule has 1 aromatic carbocycles. The number of hydrogen-bond acceptors (Lipinski definition) is 7. The average molecular weight is 478 g/mol. The minimum atomic E-state index is -0.388. The van der Waals surface area contributed by atoms with Gasteiger partial charge in [-0.3, -0.25) is 19.0 Å². The molecule has 0 radical (unpaired) electrons. The van der Waals surface area contributed by atoms with E-state index in [1.807, 2.05) is 60.8 Å². The van der Waals surface area contributed by atoms with Crippen molar-refractivity contribution >= 4 is 29.0 Å². The highest BCUT2D eigenvalue weighted by Crippen LogP contribution is 2.29. The molecule has 1 fully saturated rings. The molecule has 0 aliphatic carbocycles. The number of benzene rings is 1. The number of imidazole rings is 1. The van der Waals surface area contributed by atoms with Crippen molar-refractivity contribution in [1.82, 2.24) is 24.2 Å². The topological polar surface area (TPSA) is 106 Å². The van der Waals surface area contributed by atoms with Crippen molar-refractivity contribution in [1.29, 1.82) is 0 Å². The molecule has 1 aliphatic heterocycles. The summed E-state index contributed by atoms with van der Waals surface area (Å²) >= 11 is 0. The number of aliphatic hydroxyl groups excluding tert-OH is 1. The van der Waals surface area contributed by atoms with Crippen LogP contribution in [-0.4, -0.2) is 87.9 Å². The van der Waals surface area contributed by atoms with E-state index in [0.29, 0.717) is 38.2 Å². The van der Waals surface area contributed by atoms with Crippen LogP contribution in [0.1, 0.15) is 13.3 Å². The van der Waals surface area contributed by atoms with Crippen LogP contribution in [0.15, 0.2) is 54.7 Å². The Balaban J connectivity index is 1.46. The summed E-state index contributed by atoms with van der Waals surface area (Å²) in [6, 6.07) is 8.08. The van der Waals surface area contributed by atoms with Crippen LogP contribution in [0.2, 0.25) is 0 Å². The van der Waals surface area contributed by atoms with Gasteiger partial charge in [-0.15, -0.1) is 0 Å². The molecular formula is C25H31N7O3. The largest absolute Gasteiger partial charge is 0.503 e. The molecule has 0 unspecified atom stereocenters. The summed E-state index contributed by atoms with van der Waals surface area (Å²) in [5.41, 5.74) is 3.44. The second-order valence-corrected chi connectivity index (χ2v) is 8.58. The zero-order chi connectivity index (χ0) is 24.9. The van der Waals surface area contributed by atoms with Gasteiger partial charge in [0.05, 0.1) is 12.7 Å². The van der Waals surface area contributed by atoms with E-state index >= 15 is 0 Å². The quantitative estimate of drug-likeness (QED) is 0.398. The van der Waals surface area contributed by atoms with Crippen LogP contribution in [0, 0.1) is 0 Å². The number of rotatable bonds is 7. The number of aromatic nitrogens is 3. The highest BCUT2D eigenvalue weighted by atomic mass is 16.3. The van der Waals surface area contributed by atoms with Gasteiger partial charge >= 0.3 is 0 Å². The van der Waals surface area contributed by atoms with Gasteiger partial charge in [-0.2, -0.15) is 0 Å². The third-order valence-electron chi connectivity index (χ3n) is 6.03. The van der Waals surface area contributed by atoms with Crippen molar-refractivity contribution in [3.05, 3.63) is 54.7 Å². The Morgan fingerprint density at radius 3 is 2.46 bits per heavy atom. The fourth-order valence-electron chi connectivity index (χ4n) is 4.07. The molecule has 3 aromatic rings. The number of carbonyl (C=O) groups excluding carboxylic acids is 2. The molecule has 0 atom stereocenters. The molecule has 2 aromatic heterocycles. The molecular weight excluding hydrogens is 446 g/mol. The minimum absolute atomic E-state index is 0.0664. The van der Waals surface area contributed by atoms with E-state index in [-0.39, 0.29) is 24.1 Å². The molecule has 0 saturated carbocycles. The van der Waals surface area contributed by atoms with Crippen LogP contribution >= 0.6 is 0 Å². The summed E-state index contributed by atoms with van der Waals surface area (Å²) in [5.74, 6) is 0.0312. The molecule has 3 heterocycles. The summed E-state index contributed by atoms with van der Waals surface area (Å²) in [6.45, 7) is 3.56. The Bertz CT molecular complexity index is 1230. The number of nitrogens with one attached hydrogen (secondary N) is 1. The van der Waals surface area contributed by atoms with Gasteiger partial charge in [0.2, 0.25) is 5.91 Å². The van der Waals surface area contributed by atoms with Crippen LogP contribution in [-0.2, 0) is 9.59 Å². The maximum atomic E-state index is 13.0. The van der Waals surface area contributed by atoms with Gasteiger partial charge in [-0.25, -0.2) is 4.98 Å². The Kier molecular flexibility index (Phi) is 7.19. The van der Waals surface area contributed by atoms with Crippen molar-refractivity contribution in [3.63, 3.8) is 0 Å². The number of allylic oxidation sites excluding steroid dienone is 1. The number of fused-ring (bicyclic) bond motifs is 1. The Hall–Kier alpha value is -4.08. The zero-order valence-corrected chi connectivity index (χ0v) is 20.3. The summed E-state index contributed by atoms with van der Waals surface area (Å²) in [6.07, 6.45) is 7.26. The van der Waals surface area contributed by atoms with Crippen molar-refractivity contribution in [2.75, 3.05) is 57.0 Å². The van der Waals surface area contributed by atoms with Gasteiger partial charge in [-0.05, 0) is 24.6 Å². The third-order valence-corrected chi connectivity index (χ3v) is 6.03. The smallest absolute Gasteiger partial charge is 0.288 e. The van der Waals surface area contributed by atoms with Crippen LogP contribution in [0.25, 0.3) is 16.9 Å². The second-order valence-electron chi connectivity index (χ2n) is 8.58. The third kappa shape index (κ3) is 5.21. The number of anilines is 2. The number of aliphatic hydroxyl groups is 1. The molecule has 2 N–H and O–H groups in total. The van der Waals surface area contributed by atoms with E-state index in [2.05, 4.69) is 10.3 Å². The lowest BCUT2D eigenvalue weighted by Gasteiger charge is -2.34. The van der Waals surface area contributed by atoms with Crippen molar-refractivity contribution in [3.8, 4) is 11.3 Å². The van der Waals surface area contributed by atoms with E-state index < -0.39 is 0 Å². The van der Waals surface area contributed by atoms with Gasteiger partial charge in [0.25, 0.3) is 5.91 Å². The first-order chi connectivity index (χ1) is 16.9. The molecule has 0 bridgehead atoms. The molecule has 10 heteroatoms. The summed E-state index contributed by atoms with van der Waals surface area (Å²) < 4.78 is 1.88. The Morgan fingerprint density at radius 1 is 1.11 bits per heavy atom. The number of piperazine rings is 1. The molecule has 10 nitrogen and oxygen atoms in total. The summed E-state index contributed by atoms with van der Waals surface area (Å²) in [4.78, 5) is 39.5. The normalized spacial score (nSPS) is 14.3. The summed E-state index contributed by atoms with van der Waals surface area (Å²) in [7, 11) is 3.98. The van der Waals surface area contributed by atoms with Gasteiger partial charge in [0, 0.05) is 63.9 Å². The SMILES string of the molecule is CC/C=C(\O)C(=O)N1CCN(C(=O)CNc2c(-c3ccc(N(C)C)cc3)nc3cnccn23)CC1. The van der Waals surface area contributed by atoms with Crippen LogP contribution in [0.5, 0.6) is 0 Å². The molecule has 1 aliphatic rings. The van der Waals surface area contributed by atoms with Crippen LogP contribution in [0.3, 0.4) is 0 Å². The van der Waals surface area contributed by atoms with E-state index in [0.717, 1.165) is 22.8 Å². The lowest BCUT2D eigenvalue weighted by molar-refractivity contribution is -0.137. The highest BCUT2D eigenvalue weighted by molar-refractivity contribution is 5.91. The highest BCUT2D eigenvalue weighted by Gasteiger charge is 2.26. The summed E-state index contributed by atoms with van der Waals surface area (Å²) in [5, 5.41) is 13.1. The fraction of sp³-hybridized carbons (Fsp3) is 0.360. The van der Waals surface area contributed by atoms with Crippen molar-refractivity contribution < 1.29 is 14.7 Å². The number of carbonyl (C=O) groups is 2. The van der Waals surface area contributed by atoms with Crippen LogP contribution < -0.4 is 10.2 Å². The van der Waals surface area contributed by atoms with Gasteiger partial charge in [0.1, 0.15) is 11.5 Å². The first-order valence-corrected chi connectivity index (χ1v) is 11.7. The minimum Gasteiger partial charge on any atom is -0.503 e. The average Bonchev–Trinajstić information content (AvgIpc) is 3.25. The van der Waals surface area contributed by atoms with E-state index in [1.54, 1.807) is 22.2 Å². The molecule has 2 amide bonds. The predicted molar refractivity (Wildman–Crippen MR) is 135 cm³/mol. The molecule has 184 valence electrons. The van der Waals surface area contributed by atoms with E-state index in [9.17, 15) is 14.7 Å². The number of nitrogens with zero attached hydrogens (tertiary/aromatic N) is 6. The van der Waals surface area contributed by atoms with Crippen molar-refractivity contribution in [2.24, 2.45) is 0 Å². The Labute approximate surface area is 204 Å². The lowest BCUT2D eigenvalue weighted by atomic mass is 10.1. The fourth-order valence-corrected chi connectivity index (χ4v) is 4.07. The predicted octanol–water partition coefficient (Wildman–Crippen LogP) is 2.40. The van der Waals surface area contributed by atoms with Crippen LogP contribution in [0.4, 0.5) is 11.5 Å². The maximum Gasteiger partial charge on any atom is 0.288 e. The van der Waals surface area contributed by atoms with E-state index in [1.165, 1.54) is 6.08 Å². The molecule has 1 saturated heterocycles. The maximum absolute atomic E-state index is 13.0. The van der Waals surface area contributed by atoms with Gasteiger partial charge < -0.3 is 25.1 Å². The number of hydrogen-bond donors (Lipinski definition) is 2. The van der Waals surface area contributed by atoms with E-state index in [4.69, 9.17) is 4.98 Å². The Morgan fingerprint density at radius 2 is 1.80 bits per heavy atom. The zero-order valence-electron chi connectivity index (χ0n) is 20.3. The standard InChI is InChI=1S/C25H31N7O3/c1-4-5-20(33)25(35)31-14-12-30(13-15-31)22(34)17-27-24-23(28-21-16-26-10-11-32(21)24)18-6-8-19(9-7-18)29(2)3/h5-11,16,27,33H,4,12-15,17H2,1-3H3/b20-5-. The van der Waals surface area contributed by atoms with Gasteiger partial charge in [-0.1, -0.05) is 19.1 Å². The monoisotopic (exact) mass is 477 g/mol. The molecule has 4 rings (SSSR count). The first kappa shape index (κ1) is 24.1. The lowest BCUT2D eigenvalue weighted by Crippen LogP contribution is -2.52. The first-order valence-electron chi connectivity index (χ1n) is 11.7. The second kappa shape index (κ2) is 10.5. The number of amides is 2. The van der Waals surface area contributed by atoms with Crippen molar-refractivity contribution in [2.45, 2.75) is 13.3 Å². The molecule has 35 heavy (non-hydrogen) atoms. The van der Waals surface area contributed by atoms with Gasteiger partial charge in [0.15, 0.2) is 11.4 Å².